The van der Waals surface area contributed by atoms with Crippen LogP contribution in [0.3, 0.4) is 0 Å². The molecule has 2 aromatic carbocycles. The van der Waals surface area contributed by atoms with E-state index in [1.165, 1.54) is 12.1 Å². The first-order chi connectivity index (χ1) is 10.1. The Kier molecular flexibility index (Phi) is 3.49. The summed E-state index contributed by atoms with van der Waals surface area (Å²) in [7, 11) is 0. The molecule has 0 spiro atoms. The minimum Gasteiger partial charge on any atom is -0.504 e. The normalized spacial score (nSPS) is 10.8. The third kappa shape index (κ3) is 2.55. The smallest absolute Gasteiger partial charge is 0.257 e. The highest BCUT2D eigenvalue weighted by atomic mass is 35.5. The van der Waals surface area contributed by atoms with E-state index in [4.69, 9.17) is 23.2 Å². The minimum absolute atomic E-state index is 0.0803. The number of halogens is 2. The van der Waals surface area contributed by atoms with Crippen molar-refractivity contribution >= 4 is 45.7 Å². The van der Waals surface area contributed by atoms with E-state index >= 15 is 0 Å². The molecular formula is C15H10Cl2N2O2. The van der Waals surface area contributed by atoms with Gasteiger partial charge in [0, 0.05) is 22.1 Å². The number of H-pyrrole nitrogens is 1. The van der Waals surface area contributed by atoms with E-state index in [1.807, 2.05) is 24.3 Å². The SMILES string of the molecule is O=C(Nc1cc(Cl)cc(Cl)c1O)c1c[nH]c2ccccc12. The number of phenols is 1. The van der Waals surface area contributed by atoms with Gasteiger partial charge in [0.2, 0.25) is 0 Å². The fourth-order valence-electron chi connectivity index (χ4n) is 2.11. The van der Waals surface area contributed by atoms with Crippen LogP contribution in [0.25, 0.3) is 10.9 Å². The fourth-order valence-corrected chi connectivity index (χ4v) is 2.60. The largest absolute Gasteiger partial charge is 0.504 e. The summed E-state index contributed by atoms with van der Waals surface area (Å²) in [5.41, 5.74) is 1.50. The van der Waals surface area contributed by atoms with Crippen molar-refractivity contribution in [3.63, 3.8) is 0 Å². The maximum absolute atomic E-state index is 12.3. The van der Waals surface area contributed by atoms with Crippen LogP contribution in [0.4, 0.5) is 5.69 Å². The van der Waals surface area contributed by atoms with Crippen LogP contribution in [-0.2, 0) is 0 Å². The van der Waals surface area contributed by atoms with Crippen molar-refractivity contribution in [2.75, 3.05) is 5.32 Å². The first-order valence-corrected chi connectivity index (χ1v) is 6.87. The molecule has 1 aromatic heterocycles. The third-order valence-electron chi connectivity index (χ3n) is 3.11. The Morgan fingerprint density at radius 1 is 1.19 bits per heavy atom. The molecular weight excluding hydrogens is 311 g/mol. The van der Waals surface area contributed by atoms with E-state index in [9.17, 15) is 9.90 Å². The highest BCUT2D eigenvalue weighted by Gasteiger charge is 2.15. The lowest BCUT2D eigenvalue weighted by Gasteiger charge is -2.08. The number of hydrogen-bond acceptors (Lipinski definition) is 2. The Balaban J connectivity index is 1.97. The van der Waals surface area contributed by atoms with Crippen molar-refractivity contribution in [1.82, 2.24) is 4.98 Å². The summed E-state index contributed by atoms with van der Waals surface area (Å²) in [4.78, 5) is 15.4. The molecule has 0 fully saturated rings. The molecule has 0 saturated carbocycles. The summed E-state index contributed by atoms with van der Waals surface area (Å²) in [6, 6.07) is 10.3. The summed E-state index contributed by atoms with van der Waals surface area (Å²) in [6.45, 7) is 0. The molecule has 3 rings (SSSR count). The molecule has 4 nitrogen and oxygen atoms in total. The van der Waals surface area contributed by atoms with Gasteiger partial charge in [0.15, 0.2) is 5.75 Å². The quantitative estimate of drug-likeness (QED) is 0.611. The summed E-state index contributed by atoms with van der Waals surface area (Å²) in [5.74, 6) is -0.574. The Bertz CT molecular complexity index is 843. The Morgan fingerprint density at radius 3 is 2.76 bits per heavy atom. The highest BCUT2D eigenvalue weighted by molar-refractivity contribution is 6.36. The van der Waals surface area contributed by atoms with Gasteiger partial charge in [0.05, 0.1) is 16.3 Å². The number of para-hydroxylation sites is 1. The van der Waals surface area contributed by atoms with E-state index in [0.29, 0.717) is 10.6 Å². The van der Waals surface area contributed by atoms with Crippen LogP contribution in [0.15, 0.2) is 42.6 Å². The number of hydrogen-bond donors (Lipinski definition) is 3. The number of aromatic amines is 1. The molecule has 0 aliphatic heterocycles. The Morgan fingerprint density at radius 2 is 1.95 bits per heavy atom. The van der Waals surface area contributed by atoms with Gasteiger partial charge in [-0.15, -0.1) is 0 Å². The summed E-state index contributed by atoms with van der Waals surface area (Å²) in [5, 5.41) is 13.7. The molecule has 0 aliphatic carbocycles. The molecule has 0 saturated heterocycles. The molecule has 1 heterocycles. The number of nitrogens with one attached hydrogen (secondary N) is 2. The topological polar surface area (TPSA) is 65.1 Å². The molecule has 3 N–H and O–H groups in total. The van der Waals surface area contributed by atoms with E-state index in [-0.39, 0.29) is 22.4 Å². The number of anilines is 1. The average molecular weight is 321 g/mol. The molecule has 0 aliphatic rings. The lowest BCUT2D eigenvalue weighted by atomic mass is 10.1. The number of fused-ring (bicyclic) bond motifs is 1. The van der Waals surface area contributed by atoms with Crippen molar-refractivity contribution in [2.45, 2.75) is 0 Å². The molecule has 1 amide bonds. The summed E-state index contributed by atoms with van der Waals surface area (Å²) < 4.78 is 0. The fraction of sp³-hybridized carbons (Fsp3) is 0. The number of aromatic hydroxyl groups is 1. The molecule has 0 radical (unpaired) electrons. The number of amides is 1. The van der Waals surface area contributed by atoms with Gasteiger partial charge in [-0.2, -0.15) is 0 Å². The van der Waals surface area contributed by atoms with Gasteiger partial charge < -0.3 is 15.4 Å². The van der Waals surface area contributed by atoms with Crippen molar-refractivity contribution in [1.29, 1.82) is 0 Å². The van der Waals surface area contributed by atoms with Crippen LogP contribution in [-0.4, -0.2) is 16.0 Å². The first-order valence-electron chi connectivity index (χ1n) is 6.12. The average Bonchev–Trinajstić information content (AvgIpc) is 2.88. The van der Waals surface area contributed by atoms with Crippen molar-refractivity contribution < 1.29 is 9.90 Å². The lowest BCUT2D eigenvalue weighted by molar-refractivity contribution is 0.102. The van der Waals surface area contributed by atoms with Crippen LogP contribution < -0.4 is 5.32 Å². The second-order valence-electron chi connectivity index (χ2n) is 4.49. The van der Waals surface area contributed by atoms with Crippen LogP contribution in [0, 0.1) is 0 Å². The van der Waals surface area contributed by atoms with E-state index in [0.717, 1.165) is 10.9 Å². The lowest BCUT2D eigenvalue weighted by Crippen LogP contribution is -2.11. The van der Waals surface area contributed by atoms with Crippen LogP contribution in [0.1, 0.15) is 10.4 Å². The van der Waals surface area contributed by atoms with Crippen molar-refractivity contribution in [3.05, 3.63) is 58.2 Å². The minimum atomic E-state index is -0.360. The van der Waals surface area contributed by atoms with Crippen LogP contribution in [0.5, 0.6) is 5.75 Å². The van der Waals surface area contributed by atoms with E-state index in [2.05, 4.69) is 10.3 Å². The van der Waals surface area contributed by atoms with Crippen LogP contribution >= 0.6 is 23.2 Å². The van der Waals surface area contributed by atoms with Gasteiger partial charge in [-0.3, -0.25) is 4.79 Å². The maximum Gasteiger partial charge on any atom is 0.257 e. The molecule has 0 atom stereocenters. The number of benzene rings is 2. The standard InChI is InChI=1S/C15H10Cl2N2O2/c16-8-5-11(17)14(20)13(6-8)19-15(21)10-7-18-12-4-2-1-3-9(10)12/h1-7,18,20H,(H,19,21). The van der Waals surface area contributed by atoms with E-state index < -0.39 is 0 Å². The molecule has 106 valence electrons. The number of aromatic nitrogens is 1. The highest BCUT2D eigenvalue weighted by Crippen LogP contribution is 2.35. The Labute approximate surface area is 130 Å². The van der Waals surface area contributed by atoms with Gasteiger partial charge in [-0.25, -0.2) is 0 Å². The summed E-state index contributed by atoms with van der Waals surface area (Å²) in [6.07, 6.45) is 1.61. The zero-order valence-corrected chi connectivity index (χ0v) is 12.2. The number of carbonyl (C=O) groups excluding carboxylic acids is 1. The predicted octanol–water partition coefficient (Wildman–Crippen LogP) is 4.43. The third-order valence-corrected chi connectivity index (χ3v) is 3.62. The number of carbonyl (C=O) groups is 1. The first kappa shape index (κ1) is 13.8. The zero-order valence-electron chi connectivity index (χ0n) is 10.7. The summed E-state index contributed by atoms with van der Waals surface area (Å²) >= 11 is 11.7. The van der Waals surface area contributed by atoms with Gasteiger partial charge >= 0.3 is 0 Å². The van der Waals surface area contributed by atoms with Gasteiger partial charge in [-0.05, 0) is 18.2 Å². The van der Waals surface area contributed by atoms with Crippen molar-refractivity contribution in [2.24, 2.45) is 0 Å². The maximum atomic E-state index is 12.3. The van der Waals surface area contributed by atoms with Gasteiger partial charge in [-0.1, -0.05) is 41.4 Å². The van der Waals surface area contributed by atoms with Gasteiger partial charge in [0.25, 0.3) is 5.91 Å². The number of rotatable bonds is 2. The molecule has 6 heteroatoms. The second-order valence-corrected chi connectivity index (χ2v) is 5.33. The van der Waals surface area contributed by atoms with Gasteiger partial charge in [0.1, 0.15) is 0 Å². The Hall–Kier alpha value is -2.17. The van der Waals surface area contributed by atoms with Crippen LogP contribution in [0.2, 0.25) is 10.0 Å². The molecule has 21 heavy (non-hydrogen) atoms. The predicted molar refractivity (Wildman–Crippen MR) is 84.4 cm³/mol. The molecule has 3 aromatic rings. The molecule has 0 bridgehead atoms. The van der Waals surface area contributed by atoms with E-state index in [1.54, 1.807) is 6.20 Å². The zero-order chi connectivity index (χ0) is 15.0. The second kappa shape index (κ2) is 5.31. The molecule has 0 unspecified atom stereocenters. The monoisotopic (exact) mass is 320 g/mol. The number of phenolic OH excluding ortho intramolecular Hbond substituents is 1. The van der Waals surface area contributed by atoms with Crippen molar-refractivity contribution in [3.8, 4) is 5.75 Å².